The maximum absolute atomic E-state index is 12.9. The van der Waals surface area contributed by atoms with E-state index in [1.54, 1.807) is 42.3 Å². The third-order valence-electron chi connectivity index (χ3n) is 5.61. The minimum atomic E-state index is -0.627. The molecule has 1 fully saturated rings. The number of amides is 3. The van der Waals surface area contributed by atoms with E-state index in [1.807, 2.05) is 25.3 Å². The molecule has 1 aliphatic heterocycles. The van der Waals surface area contributed by atoms with E-state index in [-0.39, 0.29) is 23.6 Å². The zero-order valence-corrected chi connectivity index (χ0v) is 19.6. The van der Waals surface area contributed by atoms with Crippen molar-refractivity contribution in [3.63, 3.8) is 0 Å². The van der Waals surface area contributed by atoms with Crippen LogP contribution in [0.25, 0.3) is 0 Å². The molecule has 3 amide bonds. The molecule has 32 heavy (non-hydrogen) atoms. The van der Waals surface area contributed by atoms with Crippen molar-refractivity contribution >= 4 is 29.1 Å². The van der Waals surface area contributed by atoms with E-state index in [2.05, 4.69) is 10.6 Å². The highest BCUT2D eigenvalue weighted by Crippen LogP contribution is 2.24. The summed E-state index contributed by atoms with van der Waals surface area (Å²) in [5.74, 6) is 0.464. The quantitative estimate of drug-likeness (QED) is 0.637. The number of thiophene rings is 1. The van der Waals surface area contributed by atoms with E-state index < -0.39 is 6.04 Å². The Labute approximate surface area is 193 Å². The monoisotopic (exact) mass is 457 g/mol. The number of likely N-dealkylation sites (tertiary alicyclic amines) is 1. The Bertz CT molecular complexity index is 921. The lowest BCUT2D eigenvalue weighted by Gasteiger charge is -2.36. The summed E-state index contributed by atoms with van der Waals surface area (Å²) in [6.07, 6.45) is 1.28. The number of ether oxygens (including phenoxy) is 1. The largest absolute Gasteiger partial charge is 0.497 e. The zero-order chi connectivity index (χ0) is 23.1. The highest BCUT2D eigenvalue weighted by atomic mass is 32.1. The minimum Gasteiger partial charge on any atom is -0.497 e. The van der Waals surface area contributed by atoms with Crippen molar-refractivity contribution < 1.29 is 19.1 Å². The van der Waals surface area contributed by atoms with Crippen LogP contribution in [0.15, 0.2) is 41.8 Å². The molecule has 8 heteroatoms. The summed E-state index contributed by atoms with van der Waals surface area (Å²) in [6, 6.07) is 10.1. The number of rotatable bonds is 8. The second-order valence-electron chi connectivity index (χ2n) is 8.43. The molecule has 1 atom stereocenters. The average Bonchev–Trinajstić information content (AvgIpc) is 3.36. The Morgan fingerprint density at radius 2 is 1.91 bits per heavy atom. The van der Waals surface area contributed by atoms with Gasteiger partial charge in [-0.1, -0.05) is 26.0 Å². The van der Waals surface area contributed by atoms with Crippen LogP contribution in [0.4, 0.5) is 0 Å². The summed E-state index contributed by atoms with van der Waals surface area (Å²) in [4.78, 5) is 40.9. The van der Waals surface area contributed by atoms with Crippen LogP contribution >= 0.6 is 11.3 Å². The summed E-state index contributed by atoms with van der Waals surface area (Å²) in [7, 11) is 1.57. The first-order valence-electron chi connectivity index (χ1n) is 10.9. The maximum atomic E-state index is 12.9. The molecule has 0 radical (unpaired) electrons. The number of nitrogens with zero attached hydrogens (tertiary/aromatic N) is 1. The highest BCUT2D eigenvalue weighted by molar-refractivity contribution is 7.12. The van der Waals surface area contributed by atoms with Crippen molar-refractivity contribution in [2.45, 2.75) is 32.7 Å². The molecule has 3 rings (SSSR count). The standard InChI is InChI=1S/C24H31N3O4S/c1-16(2)15-25-23(29)21(26-22(28)20-8-5-13-32-20)17-9-11-27(12-10-17)24(30)18-6-4-7-19(14-18)31-3/h4-8,13-14,16-17,21H,9-12,15H2,1-3H3,(H,25,29)(H,26,28). The summed E-state index contributed by atoms with van der Waals surface area (Å²) in [6.45, 7) is 5.68. The van der Waals surface area contributed by atoms with Gasteiger partial charge in [-0.15, -0.1) is 11.3 Å². The number of hydrogen-bond acceptors (Lipinski definition) is 5. The molecule has 1 aliphatic rings. The second kappa shape index (κ2) is 11.1. The number of carbonyl (C=O) groups is 3. The Balaban J connectivity index is 1.66. The van der Waals surface area contributed by atoms with Crippen LogP contribution in [0.3, 0.4) is 0 Å². The SMILES string of the molecule is COc1cccc(C(=O)N2CCC(C(NC(=O)c3cccs3)C(=O)NCC(C)C)CC2)c1. The topological polar surface area (TPSA) is 87.7 Å². The number of piperidine rings is 1. The molecule has 1 aromatic heterocycles. The fourth-order valence-electron chi connectivity index (χ4n) is 3.81. The number of benzene rings is 1. The van der Waals surface area contributed by atoms with Gasteiger partial charge in [0.05, 0.1) is 12.0 Å². The average molecular weight is 458 g/mol. The molecule has 1 aromatic carbocycles. The zero-order valence-electron chi connectivity index (χ0n) is 18.8. The smallest absolute Gasteiger partial charge is 0.262 e. The van der Waals surface area contributed by atoms with Gasteiger partial charge in [-0.2, -0.15) is 0 Å². The lowest BCUT2D eigenvalue weighted by atomic mass is 9.88. The van der Waals surface area contributed by atoms with Crippen LogP contribution in [-0.2, 0) is 4.79 Å². The number of carbonyl (C=O) groups excluding carboxylic acids is 3. The van der Waals surface area contributed by atoms with E-state index in [0.717, 1.165) is 0 Å². The van der Waals surface area contributed by atoms with Crippen LogP contribution < -0.4 is 15.4 Å². The summed E-state index contributed by atoms with van der Waals surface area (Å²) in [5.41, 5.74) is 0.583. The van der Waals surface area contributed by atoms with Crippen molar-refractivity contribution in [2.24, 2.45) is 11.8 Å². The molecule has 0 spiro atoms. The molecule has 0 aliphatic carbocycles. The second-order valence-corrected chi connectivity index (χ2v) is 9.38. The molecule has 0 saturated carbocycles. The Hall–Kier alpha value is -2.87. The summed E-state index contributed by atoms with van der Waals surface area (Å²) >= 11 is 1.35. The van der Waals surface area contributed by atoms with E-state index in [0.29, 0.717) is 54.6 Å². The van der Waals surface area contributed by atoms with E-state index in [4.69, 9.17) is 4.74 Å². The van der Waals surface area contributed by atoms with E-state index in [9.17, 15) is 14.4 Å². The normalized spacial score (nSPS) is 15.3. The summed E-state index contributed by atoms with van der Waals surface area (Å²) < 4.78 is 5.22. The number of nitrogens with one attached hydrogen (secondary N) is 2. The Morgan fingerprint density at radius 3 is 2.53 bits per heavy atom. The predicted molar refractivity (Wildman–Crippen MR) is 125 cm³/mol. The van der Waals surface area contributed by atoms with Gasteiger partial charge >= 0.3 is 0 Å². The molecule has 1 unspecified atom stereocenters. The molecule has 2 N–H and O–H groups in total. The fraction of sp³-hybridized carbons (Fsp3) is 0.458. The third-order valence-corrected chi connectivity index (χ3v) is 6.48. The van der Waals surface area contributed by atoms with Crippen molar-refractivity contribution in [3.8, 4) is 5.75 Å². The lowest BCUT2D eigenvalue weighted by molar-refractivity contribution is -0.124. The molecule has 2 heterocycles. The molecule has 7 nitrogen and oxygen atoms in total. The molecule has 1 saturated heterocycles. The molecule has 0 bridgehead atoms. The van der Waals surface area contributed by atoms with Gasteiger partial charge < -0.3 is 20.3 Å². The maximum Gasteiger partial charge on any atom is 0.262 e. The van der Waals surface area contributed by atoms with Gasteiger partial charge in [0.15, 0.2) is 0 Å². The predicted octanol–water partition coefficient (Wildman–Crippen LogP) is 3.18. The number of methoxy groups -OCH3 is 1. The van der Waals surface area contributed by atoms with Gasteiger partial charge in [0.1, 0.15) is 11.8 Å². The van der Waals surface area contributed by atoms with Crippen molar-refractivity contribution in [1.29, 1.82) is 0 Å². The molecular formula is C24H31N3O4S. The number of hydrogen-bond donors (Lipinski definition) is 2. The van der Waals surface area contributed by atoms with Crippen molar-refractivity contribution in [1.82, 2.24) is 15.5 Å². The van der Waals surface area contributed by atoms with E-state index in [1.165, 1.54) is 11.3 Å². The van der Waals surface area contributed by atoms with Gasteiger partial charge in [-0.3, -0.25) is 14.4 Å². The lowest BCUT2D eigenvalue weighted by Crippen LogP contribution is -2.54. The van der Waals surface area contributed by atoms with Crippen molar-refractivity contribution in [3.05, 3.63) is 52.2 Å². The Morgan fingerprint density at radius 1 is 1.16 bits per heavy atom. The van der Waals surface area contributed by atoms with Crippen molar-refractivity contribution in [2.75, 3.05) is 26.7 Å². The fourth-order valence-corrected chi connectivity index (χ4v) is 4.43. The van der Waals surface area contributed by atoms with Crippen LogP contribution in [0.5, 0.6) is 5.75 Å². The van der Waals surface area contributed by atoms with E-state index >= 15 is 0 Å². The van der Waals surface area contributed by atoms with Gasteiger partial charge in [0, 0.05) is 25.2 Å². The van der Waals surface area contributed by atoms with Gasteiger partial charge in [0.25, 0.3) is 11.8 Å². The van der Waals surface area contributed by atoms with Gasteiger partial charge in [-0.25, -0.2) is 0 Å². The highest BCUT2D eigenvalue weighted by Gasteiger charge is 2.34. The van der Waals surface area contributed by atoms with Crippen LogP contribution in [0, 0.1) is 11.8 Å². The Kier molecular flexibility index (Phi) is 8.27. The molecular weight excluding hydrogens is 426 g/mol. The van der Waals surface area contributed by atoms with Crippen LogP contribution in [-0.4, -0.2) is 55.4 Å². The van der Waals surface area contributed by atoms with Crippen LogP contribution in [0.1, 0.15) is 46.7 Å². The minimum absolute atomic E-state index is 0.0413. The van der Waals surface area contributed by atoms with Crippen LogP contribution in [0.2, 0.25) is 0 Å². The first-order chi connectivity index (χ1) is 15.4. The third kappa shape index (κ3) is 6.09. The summed E-state index contributed by atoms with van der Waals surface area (Å²) in [5, 5.41) is 7.74. The first-order valence-corrected chi connectivity index (χ1v) is 11.8. The molecule has 172 valence electrons. The first kappa shape index (κ1) is 23.8. The van der Waals surface area contributed by atoms with Gasteiger partial charge in [0.2, 0.25) is 5.91 Å². The molecule has 2 aromatic rings. The van der Waals surface area contributed by atoms with Gasteiger partial charge in [-0.05, 0) is 54.3 Å².